The number of aromatic amines is 1. The number of pyridine rings is 1. The van der Waals surface area contributed by atoms with Crippen LogP contribution in [0.1, 0.15) is 25.5 Å². The Balaban J connectivity index is 1.85. The summed E-state index contributed by atoms with van der Waals surface area (Å²) in [4.78, 5) is 17.1. The molecule has 0 aliphatic rings. The third kappa shape index (κ3) is 2.33. The molecule has 0 unspecified atom stereocenters. The summed E-state index contributed by atoms with van der Waals surface area (Å²) in [5.74, 6) is 1.19. The van der Waals surface area contributed by atoms with Gasteiger partial charge in [0, 0.05) is 18.6 Å². The molecule has 0 fully saturated rings. The third-order valence-electron chi connectivity index (χ3n) is 3.70. The topological polar surface area (TPSA) is 72.3 Å². The molecule has 0 amide bonds. The summed E-state index contributed by atoms with van der Waals surface area (Å²) in [5.41, 5.74) is 4.43. The van der Waals surface area contributed by atoms with E-state index in [0.717, 1.165) is 39.1 Å². The summed E-state index contributed by atoms with van der Waals surface area (Å²) < 4.78 is 1.77. The average Bonchev–Trinajstić information content (AvgIpc) is 3.24. The standard InChI is InChI=1S/C16H16N6S/c1-9(2)11-8-23-16(18-11)14-19-13-12(10-6-4-5-7-17-10)21-22(3)15(13)20-14/h4-9H,1-3H3,(H,19,20). The van der Waals surface area contributed by atoms with E-state index in [9.17, 15) is 0 Å². The molecule has 0 spiro atoms. The van der Waals surface area contributed by atoms with Crippen molar-refractivity contribution in [3.8, 4) is 22.2 Å². The molecular weight excluding hydrogens is 308 g/mol. The number of fused-ring (bicyclic) bond motifs is 1. The molecule has 0 bridgehead atoms. The Labute approximate surface area is 137 Å². The predicted molar refractivity (Wildman–Crippen MR) is 91.3 cm³/mol. The van der Waals surface area contributed by atoms with Crippen LogP contribution in [0.5, 0.6) is 0 Å². The van der Waals surface area contributed by atoms with Gasteiger partial charge in [-0.2, -0.15) is 5.10 Å². The Bertz CT molecular complexity index is 963. The number of thiazole rings is 1. The zero-order chi connectivity index (χ0) is 16.0. The molecule has 23 heavy (non-hydrogen) atoms. The molecule has 7 heteroatoms. The minimum absolute atomic E-state index is 0.412. The lowest BCUT2D eigenvalue weighted by Crippen LogP contribution is -1.93. The van der Waals surface area contributed by atoms with Crippen LogP contribution in [-0.2, 0) is 7.05 Å². The molecule has 4 rings (SSSR count). The number of imidazole rings is 1. The first-order chi connectivity index (χ1) is 11.1. The van der Waals surface area contributed by atoms with Gasteiger partial charge < -0.3 is 4.98 Å². The van der Waals surface area contributed by atoms with Crippen LogP contribution in [0, 0.1) is 0 Å². The van der Waals surface area contributed by atoms with Crippen LogP contribution < -0.4 is 0 Å². The quantitative estimate of drug-likeness (QED) is 0.625. The van der Waals surface area contributed by atoms with Crippen molar-refractivity contribution < 1.29 is 0 Å². The van der Waals surface area contributed by atoms with Crippen molar-refractivity contribution in [2.24, 2.45) is 7.05 Å². The Morgan fingerprint density at radius 2 is 2.09 bits per heavy atom. The molecule has 0 saturated carbocycles. The maximum Gasteiger partial charge on any atom is 0.177 e. The van der Waals surface area contributed by atoms with E-state index in [-0.39, 0.29) is 0 Å². The molecular formula is C16H16N6S. The van der Waals surface area contributed by atoms with Gasteiger partial charge in [0.1, 0.15) is 11.2 Å². The highest BCUT2D eigenvalue weighted by Gasteiger charge is 2.18. The number of rotatable bonds is 3. The summed E-state index contributed by atoms with van der Waals surface area (Å²) in [5, 5.41) is 7.52. The first kappa shape index (κ1) is 14.1. The summed E-state index contributed by atoms with van der Waals surface area (Å²) >= 11 is 1.61. The molecule has 6 nitrogen and oxygen atoms in total. The Morgan fingerprint density at radius 3 is 2.78 bits per heavy atom. The minimum atomic E-state index is 0.412. The highest BCUT2D eigenvalue weighted by Crippen LogP contribution is 2.30. The Kier molecular flexibility index (Phi) is 3.23. The van der Waals surface area contributed by atoms with Crippen molar-refractivity contribution in [1.82, 2.24) is 29.7 Å². The fraction of sp³-hybridized carbons (Fsp3) is 0.250. The molecule has 4 aromatic rings. The predicted octanol–water partition coefficient (Wildman–Crippen LogP) is 3.61. The first-order valence-corrected chi connectivity index (χ1v) is 8.31. The summed E-state index contributed by atoms with van der Waals surface area (Å²) in [6, 6.07) is 5.80. The molecule has 4 heterocycles. The normalized spacial score (nSPS) is 11.7. The lowest BCUT2D eigenvalue weighted by molar-refractivity contribution is 0.789. The largest absolute Gasteiger partial charge is 0.333 e. The summed E-state index contributed by atoms with van der Waals surface area (Å²) in [6.07, 6.45) is 1.77. The van der Waals surface area contributed by atoms with Crippen LogP contribution in [0.15, 0.2) is 29.8 Å². The number of hydrogen-bond acceptors (Lipinski definition) is 5. The maximum atomic E-state index is 4.67. The van der Waals surface area contributed by atoms with Gasteiger partial charge in [-0.05, 0) is 18.1 Å². The van der Waals surface area contributed by atoms with Gasteiger partial charge in [-0.25, -0.2) is 14.6 Å². The van der Waals surface area contributed by atoms with Gasteiger partial charge in [0.2, 0.25) is 0 Å². The third-order valence-corrected chi connectivity index (χ3v) is 4.57. The van der Waals surface area contributed by atoms with E-state index in [4.69, 9.17) is 0 Å². The van der Waals surface area contributed by atoms with E-state index < -0.39 is 0 Å². The Morgan fingerprint density at radius 1 is 1.22 bits per heavy atom. The first-order valence-electron chi connectivity index (χ1n) is 7.43. The molecule has 116 valence electrons. The molecule has 4 aromatic heterocycles. The molecule has 0 aromatic carbocycles. The molecule has 0 radical (unpaired) electrons. The van der Waals surface area contributed by atoms with E-state index in [0.29, 0.717) is 5.92 Å². The molecule has 0 aliphatic carbocycles. The molecule has 0 atom stereocenters. The number of nitrogens with one attached hydrogen (secondary N) is 1. The maximum absolute atomic E-state index is 4.67. The van der Waals surface area contributed by atoms with E-state index in [1.165, 1.54) is 0 Å². The summed E-state index contributed by atoms with van der Waals surface area (Å²) in [6.45, 7) is 4.28. The minimum Gasteiger partial charge on any atom is -0.333 e. The highest BCUT2D eigenvalue weighted by atomic mass is 32.1. The van der Waals surface area contributed by atoms with Gasteiger partial charge in [-0.1, -0.05) is 19.9 Å². The fourth-order valence-electron chi connectivity index (χ4n) is 2.45. The van der Waals surface area contributed by atoms with Gasteiger partial charge in [0.05, 0.1) is 11.4 Å². The van der Waals surface area contributed by atoms with Crippen LogP contribution in [0.2, 0.25) is 0 Å². The van der Waals surface area contributed by atoms with Gasteiger partial charge in [-0.15, -0.1) is 11.3 Å². The number of nitrogens with zero attached hydrogens (tertiary/aromatic N) is 5. The van der Waals surface area contributed by atoms with E-state index >= 15 is 0 Å². The van der Waals surface area contributed by atoms with E-state index in [2.05, 4.69) is 44.3 Å². The van der Waals surface area contributed by atoms with E-state index in [1.54, 1.807) is 22.2 Å². The molecule has 0 aliphatic heterocycles. The van der Waals surface area contributed by atoms with E-state index in [1.807, 2.05) is 25.2 Å². The van der Waals surface area contributed by atoms with Crippen LogP contribution in [0.4, 0.5) is 0 Å². The van der Waals surface area contributed by atoms with Crippen molar-refractivity contribution in [3.63, 3.8) is 0 Å². The van der Waals surface area contributed by atoms with Crippen molar-refractivity contribution in [2.45, 2.75) is 19.8 Å². The van der Waals surface area contributed by atoms with Crippen LogP contribution >= 0.6 is 11.3 Å². The van der Waals surface area contributed by atoms with Gasteiger partial charge in [-0.3, -0.25) is 4.98 Å². The second-order valence-electron chi connectivity index (χ2n) is 5.70. The SMILES string of the molecule is CC(C)c1csc(-c2nc3c([nH]2)c(-c2ccccn2)nn3C)n1. The van der Waals surface area contributed by atoms with Crippen LogP contribution in [-0.4, -0.2) is 29.7 Å². The van der Waals surface area contributed by atoms with Crippen molar-refractivity contribution in [2.75, 3.05) is 0 Å². The second kappa shape index (κ2) is 5.27. The zero-order valence-electron chi connectivity index (χ0n) is 13.1. The van der Waals surface area contributed by atoms with Gasteiger partial charge in [0.15, 0.2) is 16.5 Å². The van der Waals surface area contributed by atoms with Crippen LogP contribution in [0.25, 0.3) is 33.4 Å². The van der Waals surface area contributed by atoms with Crippen molar-refractivity contribution in [1.29, 1.82) is 0 Å². The lowest BCUT2D eigenvalue weighted by atomic mass is 10.2. The second-order valence-corrected chi connectivity index (χ2v) is 6.56. The molecule has 0 saturated heterocycles. The van der Waals surface area contributed by atoms with Crippen LogP contribution in [0.3, 0.4) is 0 Å². The summed E-state index contributed by atoms with van der Waals surface area (Å²) in [7, 11) is 1.89. The van der Waals surface area contributed by atoms with Crippen molar-refractivity contribution >= 4 is 22.5 Å². The number of hydrogen-bond donors (Lipinski definition) is 1. The number of aromatic nitrogens is 6. The zero-order valence-corrected chi connectivity index (χ0v) is 13.9. The number of aryl methyl sites for hydroxylation is 1. The number of H-pyrrole nitrogens is 1. The fourth-order valence-corrected chi connectivity index (χ4v) is 3.38. The van der Waals surface area contributed by atoms with Crippen molar-refractivity contribution in [3.05, 3.63) is 35.5 Å². The van der Waals surface area contributed by atoms with Gasteiger partial charge in [0.25, 0.3) is 0 Å². The lowest BCUT2D eigenvalue weighted by Gasteiger charge is -1.97. The Hall–Kier alpha value is -2.54. The monoisotopic (exact) mass is 324 g/mol. The van der Waals surface area contributed by atoms with Gasteiger partial charge >= 0.3 is 0 Å². The highest BCUT2D eigenvalue weighted by molar-refractivity contribution is 7.13. The molecule has 1 N–H and O–H groups in total. The smallest absolute Gasteiger partial charge is 0.177 e. The average molecular weight is 324 g/mol.